The third kappa shape index (κ3) is 7.54. The fourth-order valence-corrected chi connectivity index (χ4v) is 7.83. The molecular formula is C37H38N2O5S2. The zero-order chi connectivity index (χ0) is 33.3. The number of rotatable bonds is 6. The molecule has 46 heavy (non-hydrogen) atoms. The fraction of sp³-hybridized carbons (Fsp3) is 0.243. The summed E-state index contributed by atoms with van der Waals surface area (Å²) < 4.78 is 55.8. The van der Waals surface area contributed by atoms with E-state index in [2.05, 4.69) is 30.7 Å². The predicted molar refractivity (Wildman–Crippen MR) is 183 cm³/mol. The van der Waals surface area contributed by atoms with Crippen molar-refractivity contribution >= 4 is 41.5 Å². The van der Waals surface area contributed by atoms with Gasteiger partial charge in [0.25, 0.3) is 0 Å². The van der Waals surface area contributed by atoms with Crippen molar-refractivity contribution < 1.29 is 21.3 Å². The molecule has 3 aromatic heterocycles. The number of nitrogens with zero attached hydrogens (tertiary/aromatic N) is 2. The van der Waals surface area contributed by atoms with Gasteiger partial charge in [0.2, 0.25) is 14.9 Å². The Morgan fingerprint density at radius 1 is 0.587 bits per heavy atom. The molecule has 6 aromatic rings. The van der Waals surface area contributed by atoms with Gasteiger partial charge < -0.3 is 4.42 Å². The number of fused-ring (bicyclic) bond motifs is 2. The molecule has 0 saturated carbocycles. The van der Waals surface area contributed by atoms with Crippen LogP contribution < -0.4 is 0 Å². The Morgan fingerprint density at radius 3 is 1.54 bits per heavy atom. The molecule has 0 atom stereocenters. The summed E-state index contributed by atoms with van der Waals surface area (Å²) in [7, 11) is -6.92. The van der Waals surface area contributed by atoms with Crippen molar-refractivity contribution in [1.29, 1.82) is 0 Å². The molecular weight excluding hydrogens is 617 g/mol. The molecule has 7 nitrogen and oxygen atoms in total. The zero-order valence-electron chi connectivity index (χ0n) is 26.9. The van der Waals surface area contributed by atoms with Crippen LogP contribution in [0.2, 0.25) is 0 Å². The summed E-state index contributed by atoms with van der Waals surface area (Å²) in [6.07, 6.45) is 0. The van der Waals surface area contributed by atoms with Crippen LogP contribution in [0.5, 0.6) is 0 Å². The number of pyridine rings is 2. The van der Waals surface area contributed by atoms with Gasteiger partial charge in [-0.3, -0.25) is 9.97 Å². The standard InChI is InChI=1S/C21H23NO2S.C16H15NO3S/c1-15-8-9-16-6-5-7-17(20(16)22-15)14-25(23,24)19-12-10-18(11-13-19)21(2,3)4;1-11-6-8-13-4-3-5-14(16(13)17-11)10-21(18,19)15-9-7-12(2)20-15/h5-13H,14H2,1-4H3;3-9H,10H2,1-2H3. The minimum Gasteiger partial charge on any atom is -0.450 e. The summed E-state index contributed by atoms with van der Waals surface area (Å²) >= 11 is 0. The number of aryl methyl sites for hydroxylation is 3. The van der Waals surface area contributed by atoms with E-state index in [0.29, 0.717) is 16.2 Å². The first kappa shape index (κ1) is 33.0. The van der Waals surface area contributed by atoms with Crippen molar-refractivity contribution in [1.82, 2.24) is 9.97 Å². The Balaban J connectivity index is 0.000000184. The van der Waals surface area contributed by atoms with E-state index in [-0.39, 0.29) is 22.0 Å². The molecule has 0 bridgehead atoms. The summed E-state index contributed by atoms with van der Waals surface area (Å²) in [4.78, 5) is 9.35. The first-order valence-electron chi connectivity index (χ1n) is 15.0. The van der Waals surface area contributed by atoms with Crippen LogP contribution in [0.1, 0.15) is 54.6 Å². The van der Waals surface area contributed by atoms with E-state index in [1.807, 2.05) is 80.6 Å². The summed E-state index contributed by atoms with van der Waals surface area (Å²) in [6.45, 7) is 11.9. The van der Waals surface area contributed by atoms with Gasteiger partial charge >= 0.3 is 0 Å². The maximum absolute atomic E-state index is 12.9. The molecule has 0 aliphatic heterocycles. The largest absolute Gasteiger partial charge is 0.450 e. The number of para-hydroxylation sites is 2. The molecule has 0 fully saturated rings. The molecule has 0 saturated heterocycles. The molecule has 0 aliphatic rings. The third-order valence-electron chi connectivity index (χ3n) is 7.68. The monoisotopic (exact) mass is 654 g/mol. The van der Waals surface area contributed by atoms with E-state index >= 15 is 0 Å². The van der Waals surface area contributed by atoms with Crippen molar-refractivity contribution in [3.05, 3.63) is 131 Å². The Morgan fingerprint density at radius 2 is 1.09 bits per heavy atom. The van der Waals surface area contributed by atoms with Gasteiger partial charge in [-0.05, 0) is 79.3 Å². The molecule has 238 valence electrons. The average Bonchev–Trinajstić information content (AvgIpc) is 3.45. The maximum atomic E-state index is 12.9. The van der Waals surface area contributed by atoms with Crippen molar-refractivity contribution in [2.75, 3.05) is 0 Å². The van der Waals surface area contributed by atoms with Gasteiger partial charge in [0, 0.05) is 22.2 Å². The predicted octanol–water partition coefficient (Wildman–Crippen LogP) is 8.23. The van der Waals surface area contributed by atoms with Crippen LogP contribution in [-0.2, 0) is 36.6 Å². The van der Waals surface area contributed by atoms with E-state index in [1.54, 1.807) is 31.2 Å². The normalized spacial score (nSPS) is 12.2. The molecule has 6 rings (SSSR count). The first-order valence-corrected chi connectivity index (χ1v) is 18.3. The van der Waals surface area contributed by atoms with E-state index < -0.39 is 19.7 Å². The average molecular weight is 655 g/mol. The van der Waals surface area contributed by atoms with Gasteiger partial charge in [-0.15, -0.1) is 0 Å². The molecule has 0 amide bonds. The van der Waals surface area contributed by atoms with Gasteiger partial charge in [0.05, 0.1) is 27.4 Å². The molecule has 0 radical (unpaired) electrons. The summed E-state index contributed by atoms with van der Waals surface area (Å²) in [6, 6.07) is 29.4. The lowest BCUT2D eigenvalue weighted by atomic mass is 9.87. The summed E-state index contributed by atoms with van der Waals surface area (Å²) in [5, 5.41) is 1.90. The number of furan rings is 1. The Labute approximate surface area is 271 Å². The fourth-order valence-electron chi connectivity index (χ4n) is 5.15. The molecule has 9 heteroatoms. The van der Waals surface area contributed by atoms with Gasteiger partial charge in [-0.2, -0.15) is 0 Å². The van der Waals surface area contributed by atoms with Gasteiger partial charge in [-0.1, -0.05) is 81.4 Å². The molecule has 0 spiro atoms. The van der Waals surface area contributed by atoms with Gasteiger partial charge in [-0.25, -0.2) is 16.8 Å². The van der Waals surface area contributed by atoms with E-state index in [4.69, 9.17) is 4.42 Å². The van der Waals surface area contributed by atoms with E-state index in [0.717, 1.165) is 44.3 Å². The minimum absolute atomic E-state index is 0.000624. The van der Waals surface area contributed by atoms with Crippen molar-refractivity contribution in [2.45, 2.75) is 68.5 Å². The third-order valence-corrected chi connectivity index (χ3v) is 10.9. The number of hydrogen-bond donors (Lipinski definition) is 0. The minimum atomic E-state index is -3.50. The van der Waals surface area contributed by atoms with Crippen LogP contribution in [0.25, 0.3) is 21.8 Å². The second kappa shape index (κ2) is 12.8. The summed E-state index contributed by atoms with van der Waals surface area (Å²) in [5.74, 6) is 0.420. The second-order valence-corrected chi connectivity index (χ2v) is 16.5. The molecule has 0 aliphatic carbocycles. The smallest absolute Gasteiger partial charge is 0.218 e. The molecule has 3 aromatic carbocycles. The lowest BCUT2D eigenvalue weighted by Crippen LogP contribution is -2.12. The van der Waals surface area contributed by atoms with Crippen LogP contribution in [0.3, 0.4) is 0 Å². The Bertz CT molecular complexity index is 2250. The topological polar surface area (TPSA) is 107 Å². The van der Waals surface area contributed by atoms with Crippen LogP contribution in [-0.4, -0.2) is 26.8 Å². The molecule has 0 N–H and O–H groups in total. The van der Waals surface area contributed by atoms with Crippen LogP contribution in [0.4, 0.5) is 0 Å². The lowest BCUT2D eigenvalue weighted by Gasteiger charge is -2.19. The van der Waals surface area contributed by atoms with E-state index in [1.165, 1.54) is 6.07 Å². The highest BCUT2D eigenvalue weighted by atomic mass is 32.2. The van der Waals surface area contributed by atoms with Crippen molar-refractivity contribution in [2.24, 2.45) is 0 Å². The van der Waals surface area contributed by atoms with Crippen LogP contribution >= 0.6 is 0 Å². The maximum Gasteiger partial charge on any atom is 0.218 e. The highest BCUT2D eigenvalue weighted by Gasteiger charge is 2.21. The number of sulfone groups is 2. The molecule has 3 heterocycles. The highest BCUT2D eigenvalue weighted by molar-refractivity contribution is 7.90. The van der Waals surface area contributed by atoms with E-state index in [9.17, 15) is 16.8 Å². The lowest BCUT2D eigenvalue weighted by molar-refractivity contribution is 0.428. The zero-order valence-corrected chi connectivity index (χ0v) is 28.5. The van der Waals surface area contributed by atoms with Crippen molar-refractivity contribution in [3.8, 4) is 0 Å². The second-order valence-electron chi connectivity index (χ2n) is 12.5. The van der Waals surface area contributed by atoms with Crippen LogP contribution in [0, 0.1) is 20.8 Å². The van der Waals surface area contributed by atoms with Crippen LogP contribution in [0.15, 0.2) is 111 Å². The van der Waals surface area contributed by atoms with Gasteiger partial charge in [0.15, 0.2) is 9.84 Å². The first-order chi connectivity index (χ1) is 21.6. The Hall–Kier alpha value is -4.34. The van der Waals surface area contributed by atoms with Gasteiger partial charge in [0.1, 0.15) is 5.76 Å². The quantitative estimate of drug-likeness (QED) is 0.178. The number of benzene rings is 3. The van der Waals surface area contributed by atoms with Crippen molar-refractivity contribution in [3.63, 3.8) is 0 Å². The number of hydrogen-bond acceptors (Lipinski definition) is 7. The number of aromatic nitrogens is 2. The summed E-state index contributed by atoms with van der Waals surface area (Å²) in [5.41, 5.74) is 5.77. The molecule has 0 unspecified atom stereocenters. The highest BCUT2D eigenvalue weighted by Crippen LogP contribution is 2.27. The Kier molecular flexibility index (Phi) is 9.20. The SMILES string of the molecule is Cc1ccc2cccc(CS(=O)(=O)c3ccc(C(C)(C)C)cc3)c2n1.Cc1ccc2cccc(CS(=O)(=O)c3ccc(C)o3)c2n1.